The third-order valence-electron chi connectivity index (χ3n) is 5.37. The van der Waals surface area contributed by atoms with Crippen LogP contribution in [0.15, 0.2) is 17.5 Å². The SMILES string of the molecule is CCC[C@@]1(C(=O)OCC)[NH2+][C@@H](c2cccs2)[C@H]2C(=O)N(CC)C(=O)[C@H]21. The van der Waals surface area contributed by atoms with Crippen molar-refractivity contribution >= 4 is 29.1 Å². The van der Waals surface area contributed by atoms with Gasteiger partial charge in [-0.1, -0.05) is 13.0 Å². The summed E-state index contributed by atoms with van der Waals surface area (Å²) in [5, 5.41) is 3.90. The van der Waals surface area contributed by atoms with Crippen molar-refractivity contribution in [2.75, 3.05) is 13.2 Å². The van der Waals surface area contributed by atoms with Gasteiger partial charge in [-0.2, -0.15) is 0 Å². The number of hydrogen-bond donors (Lipinski definition) is 1. The smallest absolute Gasteiger partial charge is 0.368 e. The van der Waals surface area contributed by atoms with Crippen LogP contribution in [0, 0.1) is 11.8 Å². The quantitative estimate of drug-likeness (QED) is 0.604. The van der Waals surface area contributed by atoms with E-state index in [1.54, 1.807) is 25.2 Å². The van der Waals surface area contributed by atoms with Gasteiger partial charge >= 0.3 is 5.97 Å². The van der Waals surface area contributed by atoms with Crippen molar-refractivity contribution in [2.45, 2.75) is 45.2 Å². The molecule has 0 aromatic carbocycles. The second-order valence-corrected chi connectivity index (χ2v) is 7.62. The highest BCUT2D eigenvalue weighted by molar-refractivity contribution is 7.10. The molecule has 3 heterocycles. The van der Waals surface area contributed by atoms with Crippen LogP contribution in [0.25, 0.3) is 0 Å². The highest BCUT2D eigenvalue weighted by Crippen LogP contribution is 2.46. The third-order valence-corrected chi connectivity index (χ3v) is 6.34. The number of amides is 2. The van der Waals surface area contributed by atoms with Gasteiger partial charge < -0.3 is 10.1 Å². The molecule has 0 aliphatic carbocycles. The Kier molecular flexibility index (Phi) is 4.97. The topological polar surface area (TPSA) is 80.3 Å². The van der Waals surface area contributed by atoms with Gasteiger partial charge in [0.2, 0.25) is 17.4 Å². The number of ether oxygens (including phenoxy) is 1. The maximum Gasteiger partial charge on any atom is 0.368 e. The first-order valence-corrected chi connectivity index (χ1v) is 9.81. The first-order chi connectivity index (χ1) is 12.0. The zero-order valence-corrected chi connectivity index (χ0v) is 15.7. The van der Waals surface area contributed by atoms with Gasteiger partial charge in [0, 0.05) is 13.0 Å². The standard InChI is InChI=1S/C18H24N2O4S/c1-4-9-18(17(23)24-6-3)13-12(15(21)20(5-2)16(13)22)14(19-18)11-8-7-10-25-11/h7-8,10,12-14,19H,4-6,9H2,1-3H3/p+1/t12-,13-,14-,18+/m0/s1. The summed E-state index contributed by atoms with van der Waals surface area (Å²) < 4.78 is 5.36. The number of carbonyl (C=O) groups is 3. The van der Waals surface area contributed by atoms with Crippen LogP contribution in [-0.4, -0.2) is 41.4 Å². The van der Waals surface area contributed by atoms with E-state index in [0.29, 0.717) is 13.0 Å². The van der Waals surface area contributed by atoms with Crippen LogP contribution in [-0.2, 0) is 19.1 Å². The van der Waals surface area contributed by atoms with Crippen LogP contribution in [0.1, 0.15) is 44.5 Å². The molecule has 25 heavy (non-hydrogen) atoms. The predicted molar refractivity (Wildman–Crippen MR) is 92.6 cm³/mol. The molecule has 0 bridgehead atoms. The van der Waals surface area contributed by atoms with Gasteiger partial charge in [0.25, 0.3) is 0 Å². The molecule has 2 saturated heterocycles. The summed E-state index contributed by atoms with van der Waals surface area (Å²) in [7, 11) is 0. The molecule has 6 nitrogen and oxygen atoms in total. The lowest BCUT2D eigenvalue weighted by Crippen LogP contribution is -2.98. The summed E-state index contributed by atoms with van der Waals surface area (Å²) in [6, 6.07) is 3.70. The minimum atomic E-state index is -1.01. The molecule has 7 heteroatoms. The zero-order chi connectivity index (χ0) is 18.2. The number of hydrogen-bond acceptors (Lipinski definition) is 5. The Labute approximate surface area is 151 Å². The van der Waals surface area contributed by atoms with E-state index in [1.165, 1.54) is 4.90 Å². The van der Waals surface area contributed by atoms with Crippen molar-refractivity contribution in [3.63, 3.8) is 0 Å². The maximum absolute atomic E-state index is 13.0. The van der Waals surface area contributed by atoms with E-state index >= 15 is 0 Å². The number of imide groups is 1. The predicted octanol–water partition coefficient (Wildman–Crippen LogP) is 1.09. The fourth-order valence-electron chi connectivity index (χ4n) is 4.45. The number of likely N-dealkylation sites (tertiary alicyclic amines) is 1. The summed E-state index contributed by atoms with van der Waals surface area (Å²) in [5.41, 5.74) is -1.01. The zero-order valence-electron chi connectivity index (χ0n) is 14.9. The van der Waals surface area contributed by atoms with Gasteiger partial charge in [0.1, 0.15) is 17.9 Å². The molecule has 0 unspecified atom stereocenters. The second kappa shape index (κ2) is 6.88. The van der Waals surface area contributed by atoms with E-state index in [-0.39, 0.29) is 30.4 Å². The van der Waals surface area contributed by atoms with Crippen molar-refractivity contribution in [1.82, 2.24) is 4.90 Å². The lowest BCUT2D eigenvalue weighted by atomic mass is 9.77. The first kappa shape index (κ1) is 18.1. The minimum Gasteiger partial charge on any atom is -0.461 e. The molecule has 136 valence electrons. The van der Waals surface area contributed by atoms with Crippen molar-refractivity contribution < 1.29 is 24.4 Å². The molecule has 0 saturated carbocycles. The molecule has 2 fully saturated rings. The lowest BCUT2D eigenvalue weighted by molar-refractivity contribution is -0.734. The number of quaternary nitrogens is 1. The van der Waals surface area contributed by atoms with Crippen LogP contribution in [0.2, 0.25) is 0 Å². The molecule has 0 radical (unpaired) electrons. The van der Waals surface area contributed by atoms with E-state index in [0.717, 1.165) is 11.3 Å². The largest absolute Gasteiger partial charge is 0.461 e. The summed E-state index contributed by atoms with van der Waals surface area (Å²) in [4.78, 5) is 41.2. The number of rotatable bonds is 6. The van der Waals surface area contributed by atoms with Crippen molar-refractivity contribution in [2.24, 2.45) is 11.8 Å². The molecule has 0 spiro atoms. The number of esters is 1. The fraction of sp³-hybridized carbons (Fsp3) is 0.611. The fourth-order valence-corrected chi connectivity index (χ4v) is 5.29. The Hall–Kier alpha value is -1.73. The first-order valence-electron chi connectivity index (χ1n) is 8.93. The summed E-state index contributed by atoms with van der Waals surface area (Å²) in [6.45, 7) is 6.15. The minimum absolute atomic E-state index is 0.158. The average Bonchev–Trinajstić information content (AvgIpc) is 3.26. The van der Waals surface area contributed by atoms with E-state index in [1.807, 2.05) is 29.8 Å². The Morgan fingerprint density at radius 3 is 2.64 bits per heavy atom. The lowest BCUT2D eigenvalue weighted by Gasteiger charge is -2.29. The number of carbonyl (C=O) groups excluding carboxylic acids is 3. The molecule has 3 rings (SSSR count). The Balaban J connectivity index is 2.11. The normalized spacial score (nSPS) is 31.5. The van der Waals surface area contributed by atoms with Gasteiger partial charge in [-0.15, -0.1) is 11.3 Å². The number of fused-ring (bicyclic) bond motifs is 1. The Bertz CT molecular complexity index is 675. The van der Waals surface area contributed by atoms with Crippen LogP contribution in [0.5, 0.6) is 0 Å². The summed E-state index contributed by atoms with van der Waals surface area (Å²) in [5.74, 6) is -1.90. The molecule has 2 aliphatic heterocycles. The van der Waals surface area contributed by atoms with Crippen molar-refractivity contribution in [3.05, 3.63) is 22.4 Å². The number of nitrogens with two attached hydrogens (primary N) is 1. The van der Waals surface area contributed by atoms with E-state index in [9.17, 15) is 14.4 Å². The summed E-state index contributed by atoms with van der Waals surface area (Å²) in [6.07, 6.45) is 1.26. The molecule has 4 atom stereocenters. The summed E-state index contributed by atoms with van der Waals surface area (Å²) >= 11 is 1.56. The van der Waals surface area contributed by atoms with Gasteiger partial charge in [0.15, 0.2) is 0 Å². The Morgan fingerprint density at radius 1 is 1.32 bits per heavy atom. The third kappa shape index (κ3) is 2.60. The number of thiophene rings is 1. The van der Waals surface area contributed by atoms with E-state index in [4.69, 9.17) is 4.74 Å². The molecular weight excluding hydrogens is 340 g/mol. The molecule has 1 aromatic rings. The van der Waals surface area contributed by atoms with E-state index in [2.05, 4.69) is 0 Å². The monoisotopic (exact) mass is 365 g/mol. The molecule has 2 aliphatic rings. The van der Waals surface area contributed by atoms with Gasteiger partial charge in [0.05, 0.1) is 11.5 Å². The molecular formula is C18H25N2O4S+. The highest BCUT2D eigenvalue weighted by Gasteiger charge is 2.72. The van der Waals surface area contributed by atoms with Gasteiger partial charge in [-0.25, -0.2) is 4.79 Å². The number of nitrogens with zero attached hydrogens (tertiary/aromatic N) is 1. The molecule has 2 N–H and O–H groups in total. The van der Waals surface area contributed by atoms with Crippen LogP contribution in [0.4, 0.5) is 0 Å². The van der Waals surface area contributed by atoms with Gasteiger partial charge in [-0.05, 0) is 31.7 Å². The van der Waals surface area contributed by atoms with Gasteiger partial charge in [-0.3, -0.25) is 14.5 Å². The maximum atomic E-state index is 13.0. The van der Waals surface area contributed by atoms with Crippen molar-refractivity contribution in [3.8, 4) is 0 Å². The van der Waals surface area contributed by atoms with Crippen LogP contribution in [0.3, 0.4) is 0 Å². The highest BCUT2D eigenvalue weighted by atomic mass is 32.1. The van der Waals surface area contributed by atoms with Crippen molar-refractivity contribution in [1.29, 1.82) is 0 Å². The van der Waals surface area contributed by atoms with E-state index < -0.39 is 17.4 Å². The molecule has 1 aromatic heterocycles. The van der Waals surface area contributed by atoms with Crippen LogP contribution >= 0.6 is 11.3 Å². The molecule has 2 amide bonds. The second-order valence-electron chi connectivity index (χ2n) is 6.64. The van der Waals surface area contributed by atoms with Crippen LogP contribution < -0.4 is 5.32 Å². The average molecular weight is 365 g/mol. The Morgan fingerprint density at radius 2 is 2.08 bits per heavy atom.